The van der Waals surface area contributed by atoms with E-state index in [1.165, 1.54) is 12.1 Å². The highest BCUT2D eigenvalue weighted by Crippen LogP contribution is 2.17. The van der Waals surface area contributed by atoms with Gasteiger partial charge in [-0.05, 0) is 49.6 Å². The number of alkyl carbamates (subject to hydrolysis) is 1. The highest BCUT2D eigenvalue weighted by molar-refractivity contribution is 7.87. The topological polar surface area (TPSA) is 125 Å². The molecule has 0 bridgehead atoms. The van der Waals surface area contributed by atoms with Crippen LogP contribution in [0.3, 0.4) is 0 Å². The van der Waals surface area contributed by atoms with E-state index < -0.39 is 28.0 Å². The van der Waals surface area contributed by atoms with Gasteiger partial charge in [-0.15, -0.1) is 0 Å². The number of anilines is 1. The third-order valence-corrected chi connectivity index (χ3v) is 5.87. The van der Waals surface area contributed by atoms with Gasteiger partial charge in [0.1, 0.15) is 11.6 Å². The number of carbonyl (C=O) groups excluding carboxylic acids is 2. The molecule has 0 saturated heterocycles. The van der Waals surface area contributed by atoms with Crippen LogP contribution in [0.4, 0.5) is 10.5 Å². The van der Waals surface area contributed by atoms with Crippen LogP contribution in [0, 0.1) is 0 Å². The molecule has 0 spiro atoms. The van der Waals surface area contributed by atoms with Crippen molar-refractivity contribution in [1.82, 2.24) is 10.2 Å². The molecule has 3 aromatic carbocycles. The van der Waals surface area contributed by atoms with Gasteiger partial charge in [0, 0.05) is 19.5 Å². The van der Waals surface area contributed by atoms with Crippen molar-refractivity contribution in [1.29, 1.82) is 0 Å². The number of ether oxygens (including phenoxy) is 1. The number of benzene rings is 3. The van der Waals surface area contributed by atoms with Crippen LogP contribution in [0.5, 0.6) is 0 Å². The van der Waals surface area contributed by atoms with Gasteiger partial charge in [-0.3, -0.25) is 14.1 Å². The molecule has 3 N–H and O–H groups in total. The van der Waals surface area contributed by atoms with E-state index in [0.717, 1.165) is 11.1 Å². The van der Waals surface area contributed by atoms with Crippen LogP contribution in [-0.4, -0.2) is 41.5 Å². The van der Waals surface area contributed by atoms with E-state index in [9.17, 15) is 18.0 Å². The first-order valence-electron chi connectivity index (χ1n) is 12.1. The van der Waals surface area contributed by atoms with Crippen molar-refractivity contribution in [2.75, 3.05) is 4.72 Å². The number of amides is 2. The molecule has 0 fully saturated rings. The van der Waals surface area contributed by atoms with E-state index in [1.54, 1.807) is 37.8 Å². The zero-order chi connectivity index (χ0) is 27.8. The van der Waals surface area contributed by atoms with E-state index in [-0.39, 0.29) is 18.0 Å². The van der Waals surface area contributed by atoms with Crippen LogP contribution in [0.1, 0.15) is 37.5 Å². The summed E-state index contributed by atoms with van der Waals surface area (Å²) in [5.74, 6) is -0.302. The Balaban J connectivity index is 1.89. The van der Waals surface area contributed by atoms with Gasteiger partial charge in [0.2, 0.25) is 5.91 Å². The molecule has 9 nitrogen and oxygen atoms in total. The lowest BCUT2D eigenvalue weighted by Crippen LogP contribution is -2.50. The summed E-state index contributed by atoms with van der Waals surface area (Å²) in [7, 11) is -4.41. The summed E-state index contributed by atoms with van der Waals surface area (Å²) in [6, 6.07) is 24.3. The van der Waals surface area contributed by atoms with Gasteiger partial charge in [-0.1, -0.05) is 72.8 Å². The zero-order valence-corrected chi connectivity index (χ0v) is 22.4. The maximum atomic E-state index is 13.9. The minimum absolute atomic E-state index is 0.129. The molecule has 38 heavy (non-hydrogen) atoms. The summed E-state index contributed by atoms with van der Waals surface area (Å²) in [6.07, 6.45) is -0.593. The summed E-state index contributed by atoms with van der Waals surface area (Å²) < 4.78 is 38.6. The normalized spacial score (nSPS) is 12.3. The van der Waals surface area contributed by atoms with Crippen molar-refractivity contribution in [3.8, 4) is 0 Å². The highest BCUT2D eigenvalue weighted by Gasteiger charge is 2.29. The van der Waals surface area contributed by atoms with Crippen LogP contribution >= 0.6 is 0 Å². The van der Waals surface area contributed by atoms with E-state index in [0.29, 0.717) is 18.7 Å². The number of hydrogen-bond acceptors (Lipinski definition) is 5. The van der Waals surface area contributed by atoms with Gasteiger partial charge < -0.3 is 15.0 Å². The van der Waals surface area contributed by atoms with Crippen molar-refractivity contribution in [3.05, 3.63) is 102 Å². The van der Waals surface area contributed by atoms with Crippen molar-refractivity contribution < 1.29 is 27.3 Å². The van der Waals surface area contributed by atoms with Gasteiger partial charge in [0.15, 0.2) is 0 Å². The lowest BCUT2D eigenvalue weighted by Gasteiger charge is -2.29. The van der Waals surface area contributed by atoms with Crippen molar-refractivity contribution >= 4 is 28.0 Å². The molecular weight excluding hydrogens is 506 g/mol. The number of nitrogens with zero attached hydrogens (tertiary/aromatic N) is 1. The average molecular weight is 540 g/mol. The Labute approximate surface area is 223 Å². The number of carbonyl (C=O) groups is 2. The molecule has 202 valence electrons. The van der Waals surface area contributed by atoms with Crippen molar-refractivity contribution in [3.63, 3.8) is 0 Å². The molecule has 0 aromatic heterocycles. The van der Waals surface area contributed by atoms with Crippen LogP contribution in [0.2, 0.25) is 0 Å². The van der Waals surface area contributed by atoms with E-state index in [1.807, 2.05) is 65.4 Å². The van der Waals surface area contributed by atoms with Crippen molar-refractivity contribution in [2.45, 2.75) is 51.9 Å². The smallest absolute Gasteiger partial charge is 0.408 e. The molecule has 0 saturated carbocycles. The van der Waals surface area contributed by atoms with Gasteiger partial charge in [0.05, 0.1) is 5.69 Å². The molecule has 10 heteroatoms. The second-order valence-corrected chi connectivity index (χ2v) is 11.0. The van der Waals surface area contributed by atoms with E-state index in [2.05, 4.69) is 5.32 Å². The summed E-state index contributed by atoms with van der Waals surface area (Å²) in [6.45, 7) is 5.88. The predicted octanol–water partition coefficient (Wildman–Crippen LogP) is 4.57. The number of hydrogen-bond donors (Lipinski definition) is 3. The number of nitrogens with one attached hydrogen (secondary N) is 2. The Morgan fingerprint density at radius 1 is 0.842 bits per heavy atom. The molecule has 3 rings (SSSR count). The number of rotatable bonds is 10. The minimum Gasteiger partial charge on any atom is -0.444 e. The molecule has 2 amide bonds. The summed E-state index contributed by atoms with van der Waals surface area (Å²) in [5.41, 5.74) is 1.95. The fourth-order valence-electron chi connectivity index (χ4n) is 3.78. The first kappa shape index (κ1) is 28.7. The molecule has 0 aliphatic rings. The minimum atomic E-state index is -4.41. The fraction of sp³-hybridized carbons (Fsp3) is 0.286. The van der Waals surface area contributed by atoms with Gasteiger partial charge in [-0.25, -0.2) is 4.79 Å². The Morgan fingerprint density at radius 3 is 1.79 bits per heavy atom. The SMILES string of the molecule is CC(C)(C)OC(=O)N[C@@H](Cc1ccc(NS(=O)(=O)O)cc1)C(=O)N(Cc1ccccc1)Cc1ccccc1. The van der Waals surface area contributed by atoms with Gasteiger partial charge in [0.25, 0.3) is 0 Å². The highest BCUT2D eigenvalue weighted by atomic mass is 32.2. The summed E-state index contributed by atoms with van der Waals surface area (Å²) in [4.78, 5) is 28.3. The van der Waals surface area contributed by atoms with E-state index in [4.69, 9.17) is 9.29 Å². The molecule has 0 aliphatic carbocycles. The second-order valence-electron chi connectivity index (χ2n) is 9.84. The zero-order valence-electron chi connectivity index (χ0n) is 21.6. The summed E-state index contributed by atoms with van der Waals surface area (Å²) in [5, 5.41) is 2.72. The first-order valence-corrected chi connectivity index (χ1v) is 13.5. The Morgan fingerprint density at radius 2 is 1.34 bits per heavy atom. The first-order chi connectivity index (χ1) is 17.9. The van der Waals surface area contributed by atoms with E-state index >= 15 is 0 Å². The lowest BCUT2D eigenvalue weighted by molar-refractivity contribution is -0.134. The molecule has 0 aliphatic heterocycles. The Hall–Kier alpha value is -3.89. The quantitative estimate of drug-likeness (QED) is 0.324. The lowest BCUT2D eigenvalue weighted by atomic mass is 10.0. The molecule has 0 radical (unpaired) electrons. The molecule has 0 heterocycles. The third kappa shape index (κ3) is 9.87. The summed E-state index contributed by atoms with van der Waals surface area (Å²) >= 11 is 0. The molecule has 3 aromatic rings. The standard InChI is InChI=1S/C28H33N3O6S/c1-28(2,3)37-27(33)29-25(18-21-14-16-24(17-15-21)30-38(34,35)36)26(32)31(19-22-10-6-4-7-11-22)20-23-12-8-5-9-13-23/h4-17,25,30H,18-20H2,1-3H3,(H,29,33)(H,34,35,36)/t25-/m0/s1. The van der Waals surface area contributed by atoms with Crippen LogP contribution < -0.4 is 10.0 Å². The van der Waals surface area contributed by atoms with Crippen LogP contribution in [0.15, 0.2) is 84.9 Å². The molecule has 0 unspecified atom stereocenters. The van der Waals surface area contributed by atoms with Gasteiger partial charge >= 0.3 is 16.4 Å². The molecule has 1 atom stereocenters. The maximum Gasteiger partial charge on any atom is 0.408 e. The third-order valence-electron chi connectivity index (χ3n) is 5.37. The van der Waals surface area contributed by atoms with Crippen LogP contribution in [-0.2, 0) is 39.3 Å². The maximum absolute atomic E-state index is 13.9. The second kappa shape index (κ2) is 12.6. The molecular formula is C28H33N3O6S. The monoisotopic (exact) mass is 539 g/mol. The van der Waals surface area contributed by atoms with Crippen molar-refractivity contribution in [2.24, 2.45) is 0 Å². The van der Waals surface area contributed by atoms with Gasteiger partial charge in [-0.2, -0.15) is 8.42 Å². The Kier molecular flexibility index (Phi) is 9.49. The van der Waals surface area contributed by atoms with Crippen LogP contribution in [0.25, 0.3) is 0 Å². The Bertz CT molecular complexity index is 1270. The largest absolute Gasteiger partial charge is 0.444 e. The average Bonchev–Trinajstić information content (AvgIpc) is 2.83. The predicted molar refractivity (Wildman–Crippen MR) is 146 cm³/mol. The fourth-order valence-corrected chi connectivity index (χ4v) is 4.22.